The van der Waals surface area contributed by atoms with E-state index in [1.807, 2.05) is 24.3 Å². The molecule has 2 N–H and O–H groups in total. The van der Waals surface area contributed by atoms with Gasteiger partial charge >= 0.3 is 0 Å². The van der Waals surface area contributed by atoms with Crippen molar-refractivity contribution in [3.63, 3.8) is 0 Å². The molecule has 0 aliphatic heterocycles. The molecule has 1 heterocycles. The van der Waals surface area contributed by atoms with E-state index < -0.39 is 0 Å². The van der Waals surface area contributed by atoms with Crippen molar-refractivity contribution in [2.45, 2.75) is 5.92 Å². The van der Waals surface area contributed by atoms with Gasteiger partial charge in [0.05, 0.1) is 12.7 Å². The number of hydrogen-bond donors (Lipinski definition) is 2. The number of rotatable bonds is 8. The van der Waals surface area contributed by atoms with Crippen LogP contribution < -0.4 is 15.4 Å². The molecule has 0 radical (unpaired) electrons. The molecule has 5 heteroatoms. The number of nitrogens with one attached hydrogen (secondary N) is 2. The highest BCUT2D eigenvalue weighted by Gasteiger charge is 2.14. The molecule has 0 atom stereocenters. The number of hydrogen-bond acceptors (Lipinski definition) is 3. The summed E-state index contributed by atoms with van der Waals surface area (Å²) in [4.78, 5) is 8.36. The molecule has 144 valence electrons. The third kappa shape index (κ3) is 5.84. The summed E-state index contributed by atoms with van der Waals surface area (Å²) >= 11 is 0. The van der Waals surface area contributed by atoms with Gasteiger partial charge in [0.1, 0.15) is 12.4 Å². The third-order valence-corrected chi connectivity index (χ3v) is 4.40. The van der Waals surface area contributed by atoms with Crippen molar-refractivity contribution >= 4 is 5.96 Å². The number of pyridine rings is 1. The van der Waals surface area contributed by atoms with E-state index in [0.29, 0.717) is 13.2 Å². The van der Waals surface area contributed by atoms with E-state index in [1.54, 1.807) is 19.4 Å². The monoisotopic (exact) mass is 374 g/mol. The fourth-order valence-electron chi connectivity index (χ4n) is 2.99. The van der Waals surface area contributed by atoms with Crippen LogP contribution in [0.4, 0.5) is 0 Å². The van der Waals surface area contributed by atoms with Crippen LogP contribution in [-0.2, 0) is 0 Å². The van der Waals surface area contributed by atoms with Crippen molar-refractivity contribution < 1.29 is 4.74 Å². The van der Waals surface area contributed by atoms with Gasteiger partial charge in [-0.15, -0.1) is 0 Å². The van der Waals surface area contributed by atoms with Crippen LogP contribution in [0.5, 0.6) is 5.75 Å². The summed E-state index contributed by atoms with van der Waals surface area (Å²) in [5.41, 5.74) is 2.55. The molecule has 5 nitrogen and oxygen atoms in total. The maximum Gasteiger partial charge on any atom is 0.191 e. The molecule has 0 spiro atoms. The first-order valence-corrected chi connectivity index (χ1v) is 9.44. The van der Waals surface area contributed by atoms with Crippen molar-refractivity contribution in [1.29, 1.82) is 0 Å². The number of aromatic nitrogens is 1. The fraction of sp³-hybridized carbons (Fsp3) is 0.217. The molecule has 3 aromatic rings. The number of nitrogens with zero attached hydrogens (tertiary/aromatic N) is 2. The molecule has 0 saturated heterocycles. The molecule has 28 heavy (non-hydrogen) atoms. The minimum absolute atomic E-state index is 0.243. The lowest BCUT2D eigenvalue weighted by Crippen LogP contribution is -2.41. The summed E-state index contributed by atoms with van der Waals surface area (Å²) < 4.78 is 5.66. The molecule has 1 aromatic heterocycles. The lowest BCUT2D eigenvalue weighted by atomic mass is 9.91. The molecule has 2 aromatic carbocycles. The summed E-state index contributed by atoms with van der Waals surface area (Å²) in [7, 11) is 1.78. The molecular weight excluding hydrogens is 348 g/mol. The molecule has 0 saturated carbocycles. The Labute approximate surface area is 166 Å². The first-order valence-electron chi connectivity index (χ1n) is 9.44. The SMILES string of the molecule is CN=C(NCCOc1cccnc1)NCC(c1ccccc1)c1ccccc1. The van der Waals surface area contributed by atoms with E-state index in [9.17, 15) is 0 Å². The Morgan fingerprint density at radius 1 is 0.929 bits per heavy atom. The molecule has 0 fully saturated rings. The van der Waals surface area contributed by atoms with Crippen LogP contribution in [0.1, 0.15) is 17.0 Å². The van der Waals surface area contributed by atoms with Crippen LogP contribution in [0, 0.1) is 0 Å². The standard InChI is InChI=1S/C23H26N4O/c1-24-23(26-15-16-28-21-13-8-14-25-17-21)27-18-22(19-9-4-2-5-10-19)20-11-6-3-7-12-20/h2-14,17,22H,15-16,18H2,1H3,(H2,24,26,27). The maximum atomic E-state index is 5.66. The Bertz CT molecular complexity index is 799. The highest BCUT2D eigenvalue weighted by atomic mass is 16.5. The smallest absolute Gasteiger partial charge is 0.191 e. The van der Waals surface area contributed by atoms with Crippen molar-refractivity contribution in [3.05, 3.63) is 96.3 Å². The van der Waals surface area contributed by atoms with Crippen LogP contribution in [0.25, 0.3) is 0 Å². The summed E-state index contributed by atoms with van der Waals surface area (Å²) in [6.07, 6.45) is 3.43. The zero-order valence-electron chi connectivity index (χ0n) is 16.1. The van der Waals surface area contributed by atoms with Gasteiger partial charge in [0.2, 0.25) is 0 Å². The summed E-state index contributed by atoms with van der Waals surface area (Å²) in [5, 5.41) is 6.73. The summed E-state index contributed by atoms with van der Waals surface area (Å²) in [6.45, 7) is 1.93. The molecule has 0 amide bonds. The Kier molecular flexibility index (Phi) is 7.44. The number of benzene rings is 2. The van der Waals surface area contributed by atoms with Gasteiger partial charge in [-0.2, -0.15) is 0 Å². The van der Waals surface area contributed by atoms with Crippen LogP contribution >= 0.6 is 0 Å². The Hall–Kier alpha value is -3.34. The summed E-state index contributed by atoms with van der Waals surface area (Å²) in [6, 6.07) is 24.8. The molecule has 0 bridgehead atoms. The van der Waals surface area contributed by atoms with Gasteiger partial charge in [-0.3, -0.25) is 9.98 Å². The van der Waals surface area contributed by atoms with Gasteiger partial charge in [0.25, 0.3) is 0 Å². The molecule has 0 unspecified atom stereocenters. The van der Waals surface area contributed by atoms with Crippen molar-refractivity contribution in [2.75, 3.05) is 26.7 Å². The quantitative estimate of drug-likeness (QED) is 0.360. The zero-order chi connectivity index (χ0) is 19.4. The summed E-state index contributed by atoms with van der Waals surface area (Å²) in [5.74, 6) is 1.76. The average Bonchev–Trinajstić information content (AvgIpc) is 2.77. The maximum absolute atomic E-state index is 5.66. The van der Waals surface area contributed by atoms with Crippen LogP contribution in [0.2, 0.25) is 0 Å². The van der Waals surface area contributed by atoms with Gasteiger partial charge in [0, 0.05) is 25.7 Å². The highest BCUT2D eigenvalue weighted by Crippen LogP contribution is 2.23. The van der Waals surface area contributed by atoms with E-state index in [4.69, 9.17) is 4.74 Å². The van der Waals surface area contributed by atoms with Gasteiger partial charge in [-0.05, 0) is 23.3 Å². The lowest BCUT2D eigenvalue weighted by Gasteiger charge is -2.20. The van der Waals surface area contributed by atoms with Crippen molar-refractivity contribution in [1.82, 2.24) is 15.6 Å². The van der Waals surface area contributed by atoms with E-state index in [1.165, 1.54) is 11.1 Å². The minimum Gasteiger partial charge on any atom is -0.490 e. The van der Waals surface area contributed by atoms with Crippen molar-refractivity contribution in [3.8, 4) is 5.75 Å². The lowest BCUT2D eigenvalue weighted by molar-refractivity contribution is 0.320. The molecule has 3 rings (SSSR count). The van der Waals surface area contributed by atoms with Crippen LogP contribution in [0.3, 0.4) is 0 Å². The third-order valence-electron chi connectivity index (χ3n) is 4.40. The predicted octanol–water partition coefficient (Wildman–Crippen LogP) is 3.46. The van der Waals surface area contributed by atoms with Gasteiger partial charge in [-0.25, -0.2) is 0 Å². The number of guanidine groups is 1. The molecule has 0 aliphatic carbocycles. The second-order valence-electron chi connectivity index (χ2n) is 6.29. The number of aliphatic imine (C=N–C) groups is 1. The van der Waals surface area contributed by atoms with E-state index in [2.05, 4.69) is 69.1 Å². The second kappa shape index (κ2) is 10.7. The van der Waals surface area contributed by atoms with Gasteiger partial charge < -0.3 is 15.4 Å². The topological polar surface area (TPSA) is 58.5 Å². The Morgan fingerprint density at radius 2 is 1.61 bits per heavy atom. The van der Waals surface area contributed by atoms with Gasteiger partial charge in [0.15, 0.2) is 5.96 Å². The Balaban J connectivity index is 1.54. The number of ether oxygens (including phenoxy) is 1. The largest absolute Gasteiger partial charge is 0.490 e. The Morgan fingerprint density at radius 3 is 2.18 bits per heavy atom. The van der Waals surface area contributed by atoms with E-state index in [-0.39, 0.29) is 5.92 Å². The van der Waals surface area contributed by atoms with E-state index in [0.717, 1.165) is 18.3 Å². The van der Waals surface area contributed by atoms with Crippen molar-refractivity contribution in [2.24, 2.45) is 4.99 Å². The van der Waals surface area contributed by atoms with Crippen LogP contribution in [0.15, 0.2) is 90.2 Å². The highest BCUT2D eigenvalue weighted by molar-refractivity contribution is 5.79. The first-order chi connectivity index (χ1) is 13.9. The van der Waals surface area contributed by atoms with Crippen LogP contribution in [-0.4, -0.2) is 37.7 Å². The molecule has 0 aliphatic rings. The second-order valence-corrected chi connectivity index (χ2v) is 6.29. The first kappa shape index (κ1) is 19.4. The zero-order valence-corrected chi connectivity index (χ0v) is 16.1. The fourth-order valence-corrected chi connectivity index (χ4v) is 2.99. The average molecular weight is 374 g/mol. The van der Waals surface area contributed by atoms with Gasteiger partial charge in [-0.1, -0.05) is 60.7 Å². The minimum atomic E-state index is 0.243. The predicted molar refractivity (Wildman–Crippen MR) is 114 cm³/mol. The molecular formula is C23H26N4O. The van der Waals surface area contributed by atoms with E-state index >= 15 is 0 Å². The normalized spacial score (nSPS) is 11.3.